The van der Waals surface area contributed by atoms with E-state index in [1.807, 2.05) is 11.5 Å². The SMILES string of the molecule is CN1C(=O)COc2ccc(COCC(=O)NN)cc21. The standard InChI is InChI=1S/C12H15N3O4/c1-15-9-4-8(5-18-6-11(16)14-13)2-3-10(9)19-7-12(15)17/h2-4H,5-7,13H2,1H3,(H,14,16). The van der Waals surface area contributed by atoms with Gasteiger partial charge < -0.3 is 14.4 Å². The lowest BCUT2D eigenvalue weighted by molar-refractivity contribution is -0.126. The summed E-state index contributed by atoms with van der Waals surface area (Å²) in [4.78, 5) is 23.9. The first-order chi connectivity index (χ1) is 9.11. The molecule has 0 bridgehead atoms. The number of amides is 2. The molecule has 0 fully saturated rings. The van der Waals surface area contributed by atoms with Gasteiger partial charge >= 0.3 is 0 Å². The highest BCUT2D eigenvalue weighted by Gasteiger charge is 2.22. The molecule has 19 heavy (non-hydrogen) atoms. The average Bonchev–Trinajstić information content (AvgIpc) is 2.43. The molecule has 1 aromatic rings. The van der Waals surface area contributed by atoms with Gasteiger partial charge in [0.05, 0.1) is 12.3 Å². The lowest BCUT2D eigenvalue weighted by Gasteiger charge is -2.26. The van der Waals surface area contributed by atoms with Crippen LogP contribution in [0.1, 0.15) is 5.56 Å². The number of nitrogens with two attached hydrogens (primary N) is 1. The Labute approximate surface area is 110 Å². The average molecular weight is 265 g/mol. The Hall–Kier alpha value is -2.12. The van der Waals surface area contributed by atoms with E-state index >= 15 is 0 Å². The number of carbonyl (C=O) groups is 2. The number of hydrogen-bond donors (Lipinski definition) is 2. The highest BCUT2D eigenvalue weighted by Crippen LogP contribution is 2.32. The van der Waals surface area contributed by atoms with Crippen molar-refractivity contribution in [2.75, 3.05) is 25.2 Å². The van der Waals surface area contributed by atoms with Gasteiger partial charge in [0.25, 0.3) is 11.8 Å². The Morgan fingerprint density at radius 1 is 1.58 bits per heavy atom. The van der Waals surface area contributed by atoms with Crippen LogP contribution in [0, 0.1) is 0 Å². The van der Waals surface area contributed by atoms with Crippen molar-refractivity contribution in [1.82, 2.24) is 5.43 Å². The number of nitrogens with one attached hydrogen (secondary N) is 1. The largest absolute Gasteiger partial charge is 0.482 e. The number of carbonyl (C=O) groups excluding carboxylic acids is 2. The van der Waals surface area contributed by atoms with Crippen molar-refractivity contribution in [3.63, 3.8) is 0 Å². The highest BCUT2D eigenvalue weighted by atomic mass is 16.5. The Morgan fingerprint density at radius 3 is 3.11 bits per heavy atom. The van der Waals surface area contributed by atoms with Gasteiger partial charge in [0.2, 0.25) is 0 Å². The van der Waals surface area contributed by atoms with Crippen LogP contribution in [0.4, 0.5) is 5.69 Å². The molecule has 0 atom stereocenters. The number of ether oxygens (including phenoxy) is 2. The minimum atomic E-state index is -0.395. The molecule has 0 aliphatic carbocycles. The van der Waals surface area contributed by atoms with Gasteiger partial charge in [-0.3, -0.25) is 15.0 Å². The summed E-state index contributed by atoms with van der Waals surface area (Å²) in [6.07, 6.45) is 0. The van der Waals surface area contributed by atoms with E-state index in [9.17, 15) is 9.59 Å². The molecule has 1 aliphatic heterocycles. The second-order valence-corrected chi connectivity index (χ2v) is 4.10. The van der Waals surface area contributed by atoms with Crippen LogP contribution in [-0.2, 0) is 20.9 Å². The van der Waals surface area contributed by atoms with E-state index in [-0.39, 0.29) is 25.7 Å². The van der Waals surface area contributed by atoms with Gasteiger partial charge in [-0.25, -0.2) is 5.84 Å². The van der Waals surface area contributed by atoms with Crippen molar-refractivity contribution in [3.05, 3.63) is 23.8 Å². The second-order valence-electron chi connectivity index (χ2n) is 4.10. The van der Waals surface area contributed by atoms with Crippen LogP contribution in [-0.4, -0.2) is 32.1 Å². The van der Waals surface area contributed by atoms with Crippen LogP contribution in [0.5, 0.6) is 5.75 Å². The number of fused-ring (bicyclic) bond motifs is 1. The first kappa shape index (κ1) is 13.3. The zero-order valence-corrected chi connectivity index (χ0v) is 10.5. The summed E-state index contributed by atoms with van der Waals surface area (Å²) >= 11 is 0. The molecule has 0 saturated heterocycles. The maximum Gasteiger partial charge on any atom is 0.264 e. The molecular weight excluding hydrogens is 250 g/mol. The summed E-state index contributed by atoms with van der Waals surface area (Å²) in [5.74, 6) is 5.10. The van der Waals surface area contributed by atoms with Crippen molar-refractivity contribution < 1.29 is 19.1 Å². The maximum absolute atomic E-state index is 11.5. The number of hydrogen-bond acceptors (Lipinski definition) is 5. The molecule has 3 N–H and O–H groups in total. The van der Waals surface area contributed by atoms with Crippen LogP contribution >= 0.6 is 0 Å². The lowest BCUT2D eigenvalue weighted by atomic mass is 10.1. The summed E-state index contributed by atoms with van der Waals surface area (Å²) < 4.78 is 10.5. The molecule has 1 aliphatic rings. The van der Waals surface area contributed by atoms with Gasteiger partial charge in [-0.1, -0.05) is 6.07 Å². The van der Waals surface area contributed by atoms with Crippen LogP contribution in [0.15, 0.2) is 18.2 Å². The molecule has 0 spiro atoms. The molecule has 1 heterocycles. The highest BCUT2D eigenvalue weighted by molar-refractivity contribution is 5.97. The Balaban J connectivity index is 2.04. The molecule has 7 nitrogen and oxygen atoms in total. The van der Waals surface area contributed by atoms with Gasteiger partial charge in [0, 0.05) is 7.05 Å². The summed E-state index contributed by atoms with van der Waals surface area (Å²) in [5, 5.41) is 0. The van der Waals surface area contributed by atoms with E-state index in [1.165, 1.54) is 4.90 Å². The zero-order valence-electron chi connectivity index (χ0n) is 10.5. The summed E-state index contributed by atoms with van der Waals surface area (Å²) in [5.41, 5.74) is 3.51. The van der Waals surface area contributed by atoms with E-state index in [2.05, 4.69) is 0 Å². The van der Waals surface area contributed by atoms with Gasteiger partial charge in [-0.15, -0.1) is 0 Å². The molecule has 0 aromatic heterocycles. The Kier molecular flexibility index (Phi) is 3.98. The van der Waals surface area contributed by atoms with E-state index in [1.54, 1.807) is 19.2 Å². The minimum absolute atomic E-state index is 0.0516. The molecule has 0 unspecified atom stereocenters. The fourth-order valence-electron chi connectivity index (χ4n) is 1.71. The van der Waals surface area contributed by atoms with Crippen molar-refractivity contribution in [1.29, 1.82) is 0 Å². The maximum atomic E-state index is 11.5. The first-order valence-electron chi connectivity index (χ1n) is 5.71. The summed E-state index contributed by atoms with van der Waals surface area (Å²) in [6, 6.07) is 5.40. The fraction of sp³-hybridized carbons (Fsp3) is 0.333. The Bertz CT molecular complexity index is 504. The van der Waals surface area contributed by atoms with Gasteiger partial charge in [-0.05, 0) is 17.7 Å². The summed E-state index contributed by atoms with van der Waals surface area (Å²) in [7, 11) is 1.69. The predicted molar refractivity (Wildman–Crippen MR) is 67.3 cm³/mol. The van der Waals surface area contributed by atoms with E-state index < -0.39 is 5.91 Å². The number of anilines is 1. The number of likely N-dealkylation sites (N-methyl/N-ethyl adjacent to an activating group) is 1. The number of hydrazine groups is 1. The van der Waals surface area contributed by atoms with Crippen LogP contribution in [0.2, 0.25) is 0 Å². The Morgan fingerprint density at radius 2 is 2.37 bits per heavy atom. The molecule has 102 valence electrons. The van der Waals surface area contributed by atoms with Crippen molar-refractivity contribution >= 4 is 17.5 Å². The molecular formula is C12H15N3O4. The quantitative estimate of drug-likeness (QED) is 0.437. The van der Waals surface area contributed by atoms with E-state index in [4.69, 9.17) is 15.3 Å². The third-order valence-corrected chi connectivity index (χ3v) is 2.77. The lowest BCUT2D eigenvalue weighted by Crippen LogP contribution is -2.35. The number of benzene rings is 1. The van der Waals surface area contributed by atoms with Crippen LogP contribution < -0.4 is 20.9 Å². The molecule has 2 rings (SSSR count). The predicted octanol–water partition coefficient (Wildman–Crippen LogP) is -0.452. The molecule has 1 aromatic carbocycles. The van der Waals surface area contributed by atoms with Gasteiger partial charge in [0.1, 0.15) is 12.4 Å². The monoisotopic (exact) mass is 265 g/mol. The number of rotatable bonds is 4. The third kappa shape index (κ3) is 3.01. The van der Waals surface area contributed by atoms with E-state index in [0.29, 0.717) is 11.4 Å². The van der Waals surface area contributed by atoms with Gasteiger partial charge in [-0.2, -0.15) is 0 Å². The van der Waals surface area contributed by atoms with E-state index in [0.717, 1.165) is 5.56 Å². The smallest absolute Gasteiger partial charge is 0.264 e. The normalized spacial score (nSPS) is 13.8. The van der Waals surface area contributed by atoms with Gasteiger partial charge in [0.15, 0.2) is 6.61 Å². The zero-order chi connectivity index (χ0) is 13.8. The van der Waals surface area contributed by atoms with Crippen LogP contribution in [0.3, 0.4) is 0 Å². The minimum Gasteiger partial charge on any atom is -0.482 e. The summed E-state index contributed by atoms with van der Waals surface area (Å²) in [6.45, 7) is 0.192. The van der Waals surface area contributed by atoms with Crippen LogP contribution in [0.25, 0.3) is 0 Å². The molecule has 0 radical (unpaired) electrons. The second kappa shape index (κ2) is 5.68. The first-order valence-corrected chi connectivity index (χ1v) is 5.71. The topological polar surface area (TPSA) is 93.9 Å². The molecule has 0 saturated carbocycles. The fourth-order valence-corrected chi connectivity index (χ4v) is 1.71. The van der Waals surface area contributed by atoms with Crippen molar-refractivity contribution in [2.24, 2.45) is 5.84 Å². The molecule has 7 heteroatoms. The molecule has 2 amide bonds. The third-order valence-electron chi connectivity index (χ3n) is 2.77. The number of nitrogens with zero attached hydrogens (tertiary/aromatic N) is 1. The van der Waals surface area contributed by atoms with Crippen molar-refractivity contribution in [3.8, 4) is 5.75 Å². The van der Waals surface area contributed by atoms with Crippen molar-refractivity contribution in [2.45, 2.75) is 6.61 Å².